The number of rotatable bonds is 9. The molecule has 2 aliphatic rings. The van der Waals surface area contributed by atoms with Crippen molar-refractivity contribution in [1.82, 2.24) is 14.8 Å². The number of benzene rings is 2. The van der Waals surface area contributed by atoms with E-state index in [0.29, 0.717) is 29.5 Å². The second kappa shape index (κ2) is 11.9. The number of carbonyl (C=O) groups is 1. The number of allylic oxidation sites excluding steroid dienone is 1. The molecule has 0 N–H and O–H groups in total. The molecule has 1 aliphatic heterocycles. The van der Waals surface area contributed by atoms with E-state index in [1.807, 2.05) is 36.4 Å². The first-order valence-corrected chi connectivity index (χ1v) is 13.6. The first-order chi connectivity index (χ1) is 20.3. The van der Waals surface area contributed by atoms with Gasteiger partial charge in [0.25, 0.3) is 0 Å². The van der Waals surface area contributed by atoms with Gasteiger partial charge < -0.3 is 18.9 Å². The second-order valence-corrected chi connectivity index (χ2v) is 9.95. The Labute approximate surface area is 243 Å². The molecule has 2 heterocycles. The third-order valence-electron chi connectivity index (χ3n) is 7.67. The van der Waals surface area contributed by atoms with Gasteiger partial charge in [0.15, 0.2) is 23.0 Å². The number of nitro groups is 1. The SMILES string of the molecule is CCn1cc([N+](=O)[O-])c(C(=O)N2N=C3/C(=C/c4ccc(OC)c(OC)c4)CCC[C@H]3[C@@H]2c2ccc(OC)c(OC)c2)n1. The largest absolute Gasteiger partial charge is 0.493 e. The highest BCUT2D eigenvalue weighted by Crippen LogP contribution is 2.47. The van der Waals surface area contributed by atoms with Crippen LogP contribution in [0.1, 0.15) is 53.8 Å². The molecule has 3 aromatic rings. The van der Waals surface area contributed by atoms with Crippen LogP contribution in [0.2, 0.25) is 0 Å². The maximum Gasteiger partial charge on any atom is 0.320 e. The molecule has 0 spiro atoms. The average molecular weight is 576 g/mol. The van der Waals surface area contributed by atoms with Crippen molar-refractivity contribution in [2.24, 2.45) is 11.0 Å². The number of ether oxygens (including phenoxy) is 4. The maximum atomic E-state index is 14.1. The van der Waals surface area contributed by atoms with Crippen molar-refractivity contribution in [3.8, 4) is 23.0 Å². The highest BCUT2D eigenvalue weighted by atomic mass is 16.6. The number of carbonyl (C=O) groups excluding carboxylic acids is 1. The van der Waals surface area contributed by atoms with Gasteiger partial charge in [-0.3, -0.25) is 19.6 Å². The summed E-state index contributed by atoms with van der Waals surface area (Å²) in [7, 11) is 6.28. The summed E-state index contributed by atoms with van der Waals surface area (Å²) in [5, 5.41) is 22.3. The number of aromatic nitrogens is 2. The molecule has 1 aliphatic carbocycles. The maximum absolute atomic E-state index is 14.1. The van der Waals surface area contributed by atoms with Crippen LogP contribution >= 0.6 is 0 Å². The summed E-state index contributed by atoms with van der Waals surface area (Å²) in [6.45, 7) is 2.18. The molecule has 0 unspecified atom stereocenters. The Morgan fingerprint density at radius 3 is 2.33 bits per heavy atom. The minimum absolute atomic E-state index is 0.153. The number of hydrazone groups is 1. The number of amides is 1. The molecular weight excluding hydrogens is 542 g/mol. The van der Waals surface area contributed by atoms with Crippen LogP contribution in [0.15, 0.2) is 53.3 Å². The van der Waals surface area contributed by atoms with Gasteiger partial charge in [0.05, 0.1) is 45.1 Å². The molecule has 0 saturated heterocycles. The molecule has 0 radical (unpaired) electrons. The van der Waals surface area contributed by atoms with Gasteiger partial charge in [0.1, 0.15) is 6.20 Å². The van der Waals surface area contributed by atoms with Gasteiger partial charge in [-0.15, -0.1) is 0 Å². The van der Waals surface area contributed by atoms with E-state index >= 15 is 0 Å². The van der Waals surface area contributed by atoms with Crippen LogP contribution < -0.4 is 18.9 Å². The summed E-state index contributed by atoms with van der Waals surface area (Å²) in [5.41, 5.74) is 2.81. The van der Waals surface area contributed by atoms with Crippen molar-refractivity contribution in [3.05, 3.63) is 75.1 Å². The Kier molecular flexibility index (Phi) is 8.14. The summed E-state index contributed by atoms with van der Waals surface area (Å²) in [5.74, 6) is 1.49. The van der Waals surface area contributed by atoms with Gasteiger partial charge in [0.2, 0.25) is 5.69 Å². The van der Waals surface area contributed by atoms with Gasteiger partial charge in [-0.05, 0) is 73.2 Å². The molecule has 42 heavy (non-hydrogen) atoms. The second-order valence-electron chi connectivity index (χ2n) is 9.95. The number of hydrogen-bond acceptors (Lipinski definition) is 9. The average Bonchev–Trinajstić information content (AvgIpc) is 3.63. The van der Waals surface area contributed by atoms with E-state index in [2.05, 4.69) is 5.10 Å². The molecule has 1 amide bonds. The van der Waals surface area contributed by atoms with Crippen molar-refractivity contribution >= 4 is 23.4 Å². The van der Waals surface area contributed by atoms with Gasteiger partial charge in [-0.1, -0.05) is 12.1 Å². The Morgan fingerprint density at radius 1 is 1.02 bits per heavy atom. The monoisotopic (exact) mass is 575 g/mol. The summed E-state index contributed by atoms with van der Waals surface area (Å²) in [6, 6.07) is 10.6. The van der Waals surface area contributed by atoms with E-state index in [9.17, 15) is 14.9 Å². The van der Waals surface area contributed by atoms with E-state index in [0.717, 1.165) is 41.7 Å². The van der Waals surface area contributed by atoms with Crippen LogP contribution in [0.25, 0.3) is 6.08 Å². The number of methoxy groups -OCH3 is 4. The Balaban J connectivity index is 1.63. The van der Waals surface area contributed by atoms with E-state index in [1.165, 1.54) is 15.9 Å². The van der Waals surface area contributed by atoms with E-state index in [4.69, 9.17) is 24.0 Å². The summed E-state index contributed by atoms with van der Waals surface area (Å²) in [6.07, 6.45) is 5.72. The van der Waals surface area contributed by atoms with Crippen molar-refractivity contribution in [2.45, 2.75) is 38.8 Å². The molecule has 2 atom stereocenters. The highest BCUT2D eigenvalue weighted by molar-refractivity contribution is 6.09. The van der Waals surface area contributed by atoms with E-state index in [1.54, 1.807) is 41.4 Å². The molecule has 220 valence electrons. The van der Waals surface area contributed by atoms with Crippen molar-refractivity contribution < 1.29 is 28.7 Å². The molecule has 12 heteroatoms. The van der Waals surface area contributed by atoms with E-state index in [-0.39, 0.29) is 17.3 Å². The van der Waals surface area contributed by atoms with Gasteiger partial charge in [0, 0.05) is 12.5 Å². The Bertz CT molecular complexity index is 1580. The third kappa shape index (κ3) is 5.15. The molecule has 12 nitrogen and oxygen atoms in total. The fourth-order valence-corrected chi connectivity index (χ4v) is 5.65. The van der Waals surface area contributed by atoms with Gasteiger partial charge >= 0.3 is 11.6 Å². The number of fused-ring (bicyclic) bond motifs is 1. The zero-order valence-corrected chi connectivity index (χ0v) is 24.2. The van der Waals surface area contributed by atoms with Crippen molar-refractivity contribution in [1.29, 1.82) is 0 Å². The predicted molar refractivity (Wildman–Crippen MR) is 155 cm³/mol. The van der Waals surface area contributed by atoms with Crippen LogP contribution in [0.3, 0.4) is 0 Å². The van der Waals surface area contributed by atoms with Crippen LogP contribution in [-0.4, -0.2) is 59.8 Å². The van der Waals surface area contributed by atoms with Crippen LogP contribution in [0, 0.1) is 16.0 Å². The van der Waals surface area contributed by atoms with Crippen LogP contribution in [-0.2, 0) is 6.54 Å². The fraction of sp³-hybridized carbons (Fsp3) is 0.367. The van der Waals surface area contributed by atoms with Crippen molar-refractivity contribution in [3.63, 3.8) is 0 Å². The first-order valence-electron chi connectivity index (χ1n) is 13.6. The van der Waals surface area contributed by atoms with Gasteiger partial charge in [-0.25, -0.2) is 5.01 Å². The topological polar surface area (TPSA) is 131 Å². The first kappa shape index (κ1) is 28.7. The number of hydrogen-bond donors (Lipinski definition) is 0. The van der Waals surface area contributed by atoms with Crippen LogP contribution in [0.5, 0.6) is 23.0 Å². The minimum Gasteiger partial charge on any atom is -0.493 e. The van der Waals surface area contributed by atoms with Crippen LogP contribution in [0.4, 0.5) is 5.69 Å². The smallest absolute Gasteiger partial charge is 0.320 e. The molecule has 2 aromatic carbocycles. The molecule has 0 bridgehead atoms. The summed E-state index contributed by atoms with van der Waals surface area (Å²) >= 11 is 0. The van der Waals surface area contributed by atoms with Gasteiger partial charge in [-0.2, -0.15) is 10.2 Å². The Hall–Kier alpha value is -4.87. The summed E-state index contributed by atoms with van der Waals surface area (Å²) in [4.78, 5) is 25.3. The zero-order valence-electron chi connectivity index (χ0n) is 24.2. The molecule has 5 rings (SSSR count). The normalized spacial score (nSPS) is 18.8. The molecular formula is C30H33N5O7. The quantitative estimate of drug-likeness (QED) is 0.249. The predicted octanol–water partition coefficient (Wildman–Crippen LogP) is 5.28. The van der Waals surface area contributed by atoms with Crippen molar-refractivity contribution in [2.75, 3.05) is 28.4 Å². The lowest BCUT2D eigenvalue weighted by molar-refractivity contribution is -0.385. The lowest BCUT2D eigenvalue weighted by Gasteiger charge is -2.29. The zero-order chi connectivity index (χ0) is 30.0. The number of nitrogens with zero attached hydrogens (tertiary/aromatic N) is 5. The number of aryl methyl sites for hydroxylation is 1. The lowest BCUT2D eigenvalue weighted by Crippen LogP contribution is -2.32. The third-order valence-corrected chi connectivity index (χ3v) is 7.67. The lowest BCUT2D eigenvalue weighted by atomic mass is 9.77. The molecule has 1 fully saturated rings. The fourth-order valence-electron chi connectivity index (χ4n) is 5.65. The highest BCUT2D eigenvalue weighted by Gasteiger charge is 2.46. The summed E-state index contributed by atoms with van der Waals surface area (Å²) < 4.78 is 23.2. The molecule has 1 saturated carbocycles. The minimum atomic E-state index is -0.638. The Morgan fingerprint density at radius 2 is 1.69 bits per heavy atom. The standard InChI is InChI=1S/C30H33N5O7/c1-6-33-17-22(35(37)38)28(31-33)30(36)34-29(20-11-13-24(40-3)26(16-20)42-5)21-9-7-8-19(27(21)32-34)14-18-10-12-23(39-2)25(15-18)41-4/h10-17,21,29H,6-9H2,1-5H3/b19-14+/t21-,29+/m1/s1. The van der Waals surface area contributed by atoms with E-state index < -0.39 is 16.9 Å². The molecule has 1 aromatic heterocycles.